The van der Waals surface area contributed by atoms with Crippen LogP contribution < -0.4 is 10.1 Å². The van der Waals surface area contributed by atoms with Crippen LogP contribution in [-0.4, -0.2) is 19.1 Å². The van der Waals surface area contributed by atoms with Gasteiger partial charge in [0.1, 0.15) is 18.2 Å². The number of rotatable bonds is 5. The van der Waals surface area contributed by atoms with E-state index in [0.29, 0.717) is 18.7 Å². The second-order valence-corrected chi connectivity index (χ2v) is 5.34. The molecule has 0 aromatic heterocycles. The third kappa shape index (κ3) is 4.07. The van der Waals surface area contributed by atoms with Gasteiger partial charge in [-0.1, -0.05) is 17.7 Å². The maximum Gasteiger partial charge on any atom is 0.251 e. The van der Waals surface area contributed by atoms with Crippen LogP contribution in [-0.2, 0) is 0 Å². The molecule has 2 aromatic carbocycles. The zero-order chi connectivity index (χ0) is 16.1. The third-order valence-electron chi connectivity index (χ3n) is 3.35. The number of carbonyl (C=O) groups excluding carboxylic acids is 1. The fourth-order valence-corrected chi connectivity index (χ4v) is 2.42. The normalized spacial score (nSPS) is 10.4. The molecule has 0 aliphatic heterocycles. The highest BCUT2D eigenvalue weighted by molar-refractivity contribution is 5.94. The van der Waals surface area contributed by atoms with Gasteiger partial charge < -0.3 is 10.1 Å². The molecule has 1 N–H and O–H groups in total. The Kier molecular flexibility index (Phi) is 5.15. The highest BCUT2D eigenvalue weighted by atomic mass is 19.1. The number of benzene rings is 2. The Morgan fingerprint density at radius 3 is 2.27 bits per heavy atom. The molecule has 0 saturated heterocycles. The van der Waals surface area contributed by atoms with Crippen LogP contribution in [0.4, 0.5) is 4.39 Å². The number of halogens is 1. The third-order valence-corrected chi connectivity index (χ3v) is 3.35. The van der Waals surface area contributed by atoms with Crippen LogP contribution in [0.25, 0.3) is 0 Å². The lowest BCUT2D eigenvalue weighted by Crippen LogP contribution is -2.28. The maximum absolute atomic E-state index is 12.8. The van der Waals surface area contributed by atoms with E-state index in [0.717, 1.165) is 16.9 Å². The first kappa shape index (κ1) is 16.0. The summed E-state index contributed by atoms with van der Waals surface area (Å²) in [6.07, 6.45) is 0. The standard InChI is InChI=1S/C18H20FNO2/c1-12-10-13(2)17(14(3)11-12)22-9-8-20-18(21)15-4-6-16(19)7-5-15/h4-7,10-11H,8-9H2,1-3H3,(H,20,21). The van der Waals surface area contributed by atoms with Gasteiger partial charge in [0.15, 0.2) is 0 Å². The summed E-state index contributed by atoms with van der Waals surface area (Å²) in [6.45, 7) is 6.84. The molecular weight excluding hydrogens is 281 g/mol. The van der Waals surface area contributed by atoms with Crippen LogP contribution in [0.15, 0.2) is 36.4 Å². The first-order valence-electron chi connectivity index (χ1n) is 7.22. The molecule has 0 heterocycles. The van der Waals surface area contributed by atoms with Gasteiger partial charge in [-0.05, 0) is 56.2 Å². The van der Waals surface area contributed by atoms with Crippen molar-refractivity contribution in [1.29, 1.82) is 0 Å². The molecule has 0 radical (unpaired) electrons. The molecule has 0 spiro atoms. The molecule has 0 aliphatic carbocycles. The van der Waals surface area contributed by atoms with Crippen molar-refractivity contribution in [2.24, 2.45) is 0 Å². The molecule has 0 bridgehead atoms. The monoisotopic (exact) mass is 301 g/mol. The van der Waals surface area contributed by atoms with Crippen molar-refractivity contribution in [3.63, 3.8) is 0 Å². The quantitative estimate of drug-likeness (QED) is 0.858. The van der Waals surface area contributed by atoms with Crippen LogP contribution >= 0.6 is 0 Å². The van der Waals surface area contributed by atoms with Gasteiger partial charge in [-0.2, -0.15) is 0 Å². The van der Waals surface area contributed by atoms with Gasteiger partial charge in [-0.25, -0.2) is 4.39 Å². The average molecular weight is 301 g/mol. The summed E-state index contributed by atoms with van der Waals surface area (Å²) in [5.74, 6) is 0.271. The van der Waals surface area contributed by atoms with E-state index in [4.69, 9.17) is 4.74 Å². The van der Waals surface area contributed by atoms with Crippen molar-refractivity contribution in [2.75, 3.05) is 13.2 Å². The Morgan fingerprint density at radius 2 is 1.68 bits per heavy atom. The van der Waals surface area contributed by atoms with E-state index in [9.17, 15) is 9.18 Å². The van der Waals surface area contributed by atoms with Crippen LogP contribution in [0.5, 0.6) is 5.75 Å². The van der Waals surface area contributed by atoms with Crippen molar-refractivity contribution in [3.05, 3.63) is 64.5 Å². The Balaban J connectivity index is 1.85. The Labute approximate surface area is 130 Å². The lowest BCUT2D eigenvalue weighted by Gasteiger charge is -2.13. The molecule has 0 unspecified atom stereocenters. The number of aryl methyl sites for hydroxylation is 3. The van der Waals surface area contributed by atoms with Gasteiger partial charge in [0.05, 0.1) is 6.54 Å². The summed E-state index contributed by atoms with van der Waals surface area (Å²) in [4.78, 5) is 11.9. The molecule has 0 atom stereocenters. The molecule has 4 heteroatoms. The first-order valence-corrected chi connectivity index (χ1v) is 7.22. The molecule has 1 amide bonds. The van der Waals surface area contributed by atoms with E-state index in [2.05, 4.69) is 17.4 Å². The van der Waals surface area contributed by atoms with Crippen LogP contribution in [0, 0.1) is 26.6 Å². The van der Waals surface area contributed by atoms with Crippen molar-refractivity contribution >= 4 is 5.91 Å². The van der Waals surface area contributed by atoms with Crippen molar-refractivity contribution in [1.82, 2.24) is 5.32 Å². The number of hydrogen-bond donors (Lipinski definition) is 1. The van der Waals surface area contributed by atoms with Gasteiger partial charge in [0, 0.05) is 5.56 Å². The summed E-state index contributed by atoms with van der Waals surface area (Å²) < 4.78 is 18.5. The second kappa shape index (κ2) is 7.07. The van der Waals surface area contributed by atoms with Gasteiger partial charge >= 0.3 is 0 Å². The van der Waals surface area contributed by atoms with Crippen LogP contribution in [0.3, 0.4) is 0 Å². The van der Waals surface area contributed by atoms with Crippen molar-refractivity contribution in [2.45, 2.75) is 20.8 Å². The molecule has 22 heavy (non-hydrogen) atoms. The number of hydrogen-bond acceptors (Lipinski definition) is 2. The number of carbonyl (C=O) groups is 1. The van der Waals surface area contributed by atoms with Crippen LogP contribution in [0.2, 0.25) is 0 Å². The predicted octanol–water partition coefficient (Wildman–Crippen LogP) is 3.56. The fraction of sp³-hybridized carbons (Fsp3) is 0.278. The highest BCUT2D eigenvalue weighted by Gasteiger charge is 2.07. The van der Waals surface area contributed by atoms with E-state index in [1.165, 1.54) is 29.8 Å². The van der Waals surface area contributed by atoms with Gasteiger partial charge in [-0.15, -0.1) is 0 Å². The molecule has 0 saturated carbocycles. The topological polar surface area (TPSA) is 38.3 Å². The first-order chi connectivity index (χ1) is 10.5. The minimum atomic E-state index is -0.356. The van der Waals surface area contributed by atoms with E-state index in [1.54, 1.807) is 0 Å². The lowest BCUT2D eigenvalue weighted by atomic mass is 10.1. The molecule has 2 rings (SSSR count). The molecule has 0 aliphatic rings. The minimum absolute atomic E-state index is 0.235. The number of nitrogens with one attached hydrogen (secondary N) is 1. The Morgan fingerprint density at radius 1 is 1.09 bits per heavy atom. The van der Waals surface area contributed by atoms with Crippen LogP contribution in [0.1, 0.15) is 27.0 Å². The van der Waals surface area contributed by atoms with Crippen molar-refractivity contribution in [3.8, 4) is 5.75 Å². The minimum Gasteiger partial charge on any atom is -0.491 e. The number of ether oxygens (including phenoxy) is 1. The Bertz CT molecular complexity index is 642. The second-order valence-electron chi connectivity index (χ2n) is 5.34. The van der Waals surface area contributed by atoms with Gasteiger partial charge in [0.2, 0.25) is 0 Å². The molecule has 0 fully saturated rings. The lowest BCUT2D eigenvalue weighted by molar-refractivity contribution is 0.0947. The predicted molar refractivity (Wildman–Crippen MR) is 84.9 cm³/mol. The summed E-state index contributed by atoms with van der Waals surface area (Å²) in [7, 11) is 0. The molecular formula is C18H20FNO2. The van der Waals surface area contributed by atoms with Crippen molar-refractivity contribution < 1.29 is 13.9 Å². The zero-order valence-electron chi connectivity index (χ0n) is 13.1. The Hall–Kier alpha value is -2.36. The zero-order valence-corrected chi connectivity index (χ0v) is 13.1. The SMILES string of the molecule is Cc1cc(C)c(OCCNC(=O)c2ccc(F)cc2)c(C)c1. The number of amides is 1. The molecule has 2 aromatic rings. The fourth-order valence-electron chi connectivity index (χ4n) is 2.42. The van der Waals surface area contributed by atoms with Gasteiger partial charge in [-0.3, -0.25) is 4.79 Å². The van der Waals surface area contributed by atoms with Gasteiger partial charge in [0.25, 0.3) is 5.91 Å². The van der Waals surface area contributed by atoms with E-state index in [1.807, 2.05) is 20.8 Å². The van der Waals surface area contributed by atoms with E-state index in [-0.39, 0.29) is 11.7 Å². The highest BCUT2D eigenvalue weighted by Crippen LogP contribution is 2.24. The average Bonchev–Trinajstić information content (AvgIpc) is 2.46. The van der Waals surface area contributed by atoms with E-state index < -0.39 is 0 Å². The van der Waals surface area contributed by atoms with E-state index >= 15 is 0 Å². The smallest absolute Gasteiger partial charge is 0.251 e. The molecule has 116 valence electrons. The summed E-state index contributed by atoms with van der Waals surface area (Å²) in [5, 5.41) is 2.75. The summed E-state index contributed by atoms with van der Waals surface area (Å²) in [6, 6.07) is 9.59. The summed E-state index contributed by atoms with van der Waals surface area (Å²) in [5.41, 5.74) is 3.81. The summed E-state index contributed by atoms with van der Waals surface area (Å²) >= 11 is 0. The molecule has 3 nitrogen and oxygen atoms in total. The largest absolute Gasteiger partial charge is 0.491 e. The maximum atomic E-state index is 12.8.